The highest BCUT2D eigenvalue weighted by atomic mass is 16.5. The number of likely N-dealkylation sites (tertiary alicyclic amines) is 1. The monoisotopic (exact) mass is 398 g/mol. The van der Waals surface area contributed by atoms with Crippen LogP contribution in [0.3, 0.4) is 0 Å². The normalized spacial score (nSPS) is 14.7. The van der Waals surface area contributed by atoms with Gasteiger partial charge in [-0.1, -0.05) is 0 Å². The number of carbonyl (C=O) groups excluding carboxylic acids is 2. The lowest BCUT2D eigenvalue weighted by Gasteiger charge is -2.38. The highest BCUT2D eigenvalue weighted by Gasteiger charge is 2.29. The maximum absolute atomic E-state index is 12.9. The maximum atomic E-state index is 12.9. The van der Waals surface area contributed by atoms with E-state index in [4.69, 9.17) is 4.74 Å². The summed E-state index contributed by atoms with van der Waals surface area (Å²) in [4.78, 5) is 33.3. The number of benzene rings is 1. The second-order valence-electron chi connectivity index (χ2n) is 7.58. The van der Waals surface area contributed by atoms with E-state index in [1.807, 2.05) is 48.0 Å². The topological polar surface area (TPSA) is 67.7 Å². The van der Waals surface area contributed by atoms with Crippen LogP contribution >= 0.6 is 0 Å². The Morgan fingerprint density at radius 2 is 1.97 bits per heavy atom. The summed E-state index contributed by atoms with van der Waals surface area (Å²) in [5, 5.41) is 0. The van der Waals surface area contributed by atoms with Crippen molar-refractivity contribution in [2.75, 3.05) is 26.7 Å². The largest absolute Gasteiger partial charge is 0.497 e. The van der Waals surface area contributed by atoms with Gasteiger partial charge in [0, 0.05) is 57.1 Å². The Morgan fingerprint density at radius 3 is 2.52 bits per heavy atom. The van der Waals surface area contributed by atoms with Crippen molar-refractivity contribution in [1.82, 2.24) is 19.4 Å². The van der Waals surface area contributed by atoms with Gasteiger partial charge in [-0.05, 0) is 50.5 Å². The first kappa shape index (κ1) is 20.9. The van der Waals surface area contributed by atoms with E-state index in [0.29, 0.717) is 25.2 Å². The van der Waals surface area contributed by atoms with E-state index in [9.17, 15) is 9.59 Å². The summed E-state index contributed by atoms with van der Waals surface area (Å²) in [6.45, 7) is 8.21. The van der Waals surface area contributed by atoms with Crippen LogP contribution in [0.25, 0.3) is 0 Å². The van der Waals surface area contributed by atoms with Crippen molar-refractivity contribution in [3.63, 3.8) is 0 Å². The fraction of sp³-hybridized carbons (Fsp3) is 0.500. The maximum Gasteiger partial charge on any atom is 0.254 e. The predicted molar refractivity (Wildman–Crippen MR) is 111 cm³/mol. The van der Waals surface area contributed by atoms with E-state index in [-0.39, 0.29) is 17.9 Å². The fourth-order valence-electron chi connectivity index (χ4n) is 4.01. The number of ether oxygens (including phenoxy) is 1. The lowest BCUT2D eigenvalue weighted by Crippen LogP contribution is -2.49. The van der Waals surface area contributed by atoms with Gasteiger partial charge in [0.2, 0.25) is 5.91 Å². The number of hydrogen-bond donors (Lipinski definition) is 0. The molecule has 1 fully saturated rings. The third-order valence-electron chi connectivity index (χ3n) is 5.77. The number of aromatic nitrogens is 2. The van der Waals surface area contributed by atoms with Gasteiger partial charge in [-0.3, -0.25) is 9.59 Å². The number of carbonyl (C=O) groups is 2. The third kappa shape index (κ3) is 4.78. The Balaban J connectivity index is 1.60. The van der Waals surface area contributed by atoms with E-state index >= 15 is 0 Å². The van der Waals surface area contributed by atoms with Crippen molar-refractivity contribution >= 4 is 11.8 Å². The summed E-state index contributed by atoms with van der Waals surface area (Å²) < 4.78 is 7.28. The molecule has 2 heterocycles. The molecule has 1 aliphatic rings. The molecule has 0 bridgehead atoms. The minimum atomic E-state index is 0.0482. The van der Waals surface area contributed by atoms with E-state index in [2.05, 4.69) is 9.55 Å². The lowest BCUT2D eigenvalue weighted by molar-refractivity contribution is -0.132. The van der Waals surface area contributed by atoms with Crippen molar-refractivity contribution in [3.8, 4) is 5.75 Å². The van der Waals surface area contributed by atoms with Crippen LogP contribution in [-0.2, 0) is 11.3 Å². The molecule has 156 valence electrons. The summed E-state index contributed by atoms with van der Waals surface area (Å²) in [5.74, 6) is 1.83. The van der Waals surface area contributed by atoms with Gasteiger partial charge >= 0.3 is 0 Å². The summed E-state index contributed by atoms with van der Waals surface area (Å²) >= 11 is 0. The van der Waals surface area contributed by atoms with Gasteiger partial charge in [0.05, 0.1) is 7.11 Å². The molecular formula is C22H30N4O3. The number of imidazole rings is 1. The Hall–Kier alpha value is -2.83. The average molecular weight is 399 g/mol. The van der Waals surface area contributed by atoms with E-state index in [0.717, 1.165) is 36.5 Å². The van der Waals surface area contributed by atoms with E-state index in [1.165, 1.54) is 0 Å². The quantitative estimate of drug-likeness (QED) is 0.750. The van der Waals surface area contributed by atoms with Gasteiger partial charge in [0.1, 0.15) is 11.6 Å². The van der Waals surface area contributed by atoms with Gasteiger partial charge < -0.3 is 19.1 Å². The van der Waals surface area contributed by atoms with Crippen molar-refractivity contribution in [2.45, 2.75) is 46.2 Å². The van der Waals surface area contributed by atoms with Crippen molar-refractivity contribution in [2.24, 2.45) is 0 Å². The predicted octanol–water partition coefficient (Wildman–Crippen LogP) is 2.66. The van der Waals surface area contributed by atoms with Crippen LogP contribution in [0.5, 0.6) is 5.75 Å². The van der Waals surface area contributed by atoms with Crippen LogP contribution in [0.4, 0.5) is 0 Å². The summed E-state index contributed by atoms with van der Waals surface area (Å²) in [7, 11) is 1.62. The summed E-state index contributed by atoms with van der Waals surface area (Å²) in [5.41, 5.74) is 1.63. The summed E-state index contributed by atoms with van der Waals surface area (Å²) in [6, 6.07) is 5.70. The molecule has 0 spiro atoms. The van der Waals surface area contributed by atoms with Crippen LogP contribution in [0, 0.1) is 13.8 Å². The van der Waals surface area contributed by atoms with Crippen molar-refractivity contribution < 1.29 is 14.3 Å². The van der Waals surface area contributed by atoms with Crippen LogP contribution in [0.1, 0.15) is 41.5 Å². The van der Waals surface area contributed by atoms with Crippen LogP contribution in [0.2, 0.25) is 0 Å². The number of hydrogen-bond acceptors (Lipinski definition) is 4. The third-order valence-corrected chi connectivity index (χ3v) is 5.77. The van der Waals surface area contributed by atoms with Gasteiger partial charge in [-0.15, -0.1) is 0 Å². The molecule has 1 aromatic heterocycles. The molecule has 2 aromatic rings. The van der Waals surface area contributed by atoms with E-state index < -0.39 is 0 Å². The Bertz CT molecular complexity index is 869. The molecule has 2 amide bonds. The first-order chi connectivity index (χ1) is 13.9. The highest BCUT2D eigenvalue weighted by Crippen LogP contribution is 2.22. The number of amides is 2. The Morgan fingerprint density at radius 1 is 1.24 bits per heavy atom. The zero-order chi connectivity index (χ0) is 21.0. The molecule has 0 radical (unpaired) electrons. The highest BCUT2D eigenvalue weighted by molar-refractivity contribution is 5.95. The fourth-order valence-corrected chi connectivity index (χ4v) is 4.01. The van der Waals surface area contributed by atoms with Gasteiger partial charge in [-0.2, -0.15) is 0 Å². The van der Waals surface area contributed by atoms with Crippen LogP contribution < -0.4 is 4.74 Å². The smallest absolute Gasteiger partial charge is 0.254 e. The first-order valence-corrected chi connectivity index (χ1v) is 10.1. The second kappa shape index (κ2) is 9.11. The van der Waals surface area contributed by atoms with Crippen molar-refractivity contribution in [3.05, 3.63) is 47.5 Å². The molecule has 0 N–H and O–H groups in total. The summed E-state index contributed by atoms with van der Waals surface area (Å²) in [6.07, 6.45) is 5.30. The number of aryl methyl sites for hydroxylation is 2. The molecule has 7 nitrogen and oxygen atoms in total. The molecule has 7 heteroatoms. The molecule has 29 heavy (non-hydrogen) atoms. The van der Waals surface area contributed by atoms with Gasteiger partial charge in [-0.25, -0.2) is 4.98 Å². The van der Waals surface area contributed by atoms with Crippen molar-refractivity contribution in [1.29, 1.82) is 0 Å². The molecular weight excluding hydrogens is 368 g/mol. The standard InChI is InChI=1S/C22H30N4O3/c1-16-15-20(29-4)5-6-21(16)22(28)25-10-7-19(8-11-25)26(18(3)27)14-13-24-12-9-23-17(24)2/h5-6,9,12,15,19H,7-8,10-11,13-14H2,1-4H3. The number of nitrogens with zero attached hydrogens (tertiary/aromatic N) is 4. The van der Waals surface area contributed by atoms with Gasteiger partial charge in [0.15, 0.2) is 0 Å². The zero-order valence-corrected chi connectivity index (χ0v) is 17.7. The SMILES string of the molecule is COc1ccc(C(=O)N2CCC(N(CCn3ccnc3C)C(C)=O)CC2)c(C)c1. The van der Waals surface area contributed by atoms with Crippen LogP contribution in [-0.4, -0.2) is 64.0 Å². The molecule has 0 saturated carbocycles. The molecule has 3 rings (SSSR count). The molecule has 1 aromatic carbocycles. The Labute approximate surface area is 172 Å². The van der Waals surface area contributed by atoms with E-state index in [1.54, 1.807) is 20.2 Å². The van der Waals surface area contributed by atoms with Gasteiger partial charge in [0.25, 0.3) is 5.91 Å². The molecule has 0 atom stereocenters. The Kier molecular flexibility index (Phi) is 6.56. The first-order valence-electron chi connectivity index (χ1n) is 10.1. The number of rotatable bonds is 6. The average Bonchev–Trinajstić information content (AvgIpc) is 3.12. The minimum absolute atomic E-state index is 0.0482. The zero-order valence-electron chi connectivity index (χ0n) is 17.7. The van der Waals surface area contributed by atoms with Crippen LogP contribution in [0.15, 0.2) is 30.6 Å². The minimum Gasteiger partial charge on any atom is -0.497 e. The molecule has 1 aliphatic heterocycles. The molecule has 0 unspecified atom stereocenters. The molecule has 0 aliphatic carbocycles. The second-order valence-corrected chi connectivity index (χ2v) is 7.58. The lowest BCUT2D eigenvalue weighted by atomic mass is 10.0. The number of methoxy groups -OCH3 is 1. The molecule has 1 saturated heterocycles. The number of piperidine rings is 1.